The maximum atomic E-state index is 12.8. The summed E-state index contributed by atoms with van der Waals surface area (Å²) in [7, 11) is -3.56. The van der Waals surface area contributed by atoms with Crippen molar-refractivity contribution in [3.63, 3.8) is 0 Å². The molecule has 1 aliphatic heterocycles. The van der Waals surface area contributed by atoms with Crippen LogP contribution >= 0.6 is 0 Å². The normalized spacial score (nSPS) is 16.0. The van der Waals surface area contributed by atoms with Crippen molar-refractivity contribution >= 4 is 21.9 Å². The maximum Gasteiger partial charge on any atom is 0.322 e. The SMILES string of the molecule is Cc1ccc(S(=O)(=O)N2CCC(C(=O)Nc3nnc(-c4ccco4)o3)CC2)cc1. The van der Waals surface area contributed by atoms with E-state index in [0.717, 1.165) is 5.56 Å². The quantitative estimate of drug-likeness (QED) is 0.679. The van der Waals surface area contributed by atoms with Gasteiger partial charge in [-0.05, 0) is 44.0 Å². The highest BCUT2D eigenvalue weighted by molar-refractivity contribution is 7.89. The summed E-state index contributed by atoms with van der Waals surface area (Å²) in [5.41, 5.74) is 0.996. The van der Waals surface area contributed by atoms with Crippen LogP contribution in [0.2, 0.25) is 0 Å². The minimum Gasteiger partial charge on any atom is -0.459 e. The number of aryl methyl sites for hydroxylation is 1. The van der Waals surface area contributed by atoms with Crippen LogP contribution in [0.5, 0.6) is 0 Å². The number of hydrogen-bond acceptors (Lipinski definition) is 7. The zero-order valence-corrected chi connectivity index (χ0v) is 16.6. The number of benzene rings is 1. The van der Waals surface area contributed by atoms with Crippen LogP contribution < -0.4 is 5.32 Å². The van der Waals surface area contributed by atoms with Gasteiger partial charge < -0.3 is 8.83 Å². The fraction of sp³-hybridized carbons (Fsp3) is 0.316. The molecular formula is C19H20N4O5S. The number of sulfonamides is 1. The predicted molar refractivity (Wildman–Crippen MR) is 103 cm³/mol. The largest absolute Gasteiger partial charge is 0.459 e. The Labute approximate surface area is 167 Å². The maximum absolute atomic E-state index is 12.8. The van der Waals surface area contributed by atoms with E-state index in [4.69, 9.17) is 8.83 Å². The van der Waals surface area contributed by atoms with E-state index in [0.29, 0.717) is 18.6 Å². The molecule has 4 rings (SSSR count). The van der Waals surface area contributed by atoms with Crippen LogP contribution in [0.25, 0.3) is 11.7 Å². The molecule has 1 aliphatic rings. The van der Waals surface area contributed by atoms with Crippen molar-refractivity contribution in [1.82, 2.24) is 14.5 Å². The predicted octanol–water partition coefficient (Wildman–Crippen LogP) is 2.68. The molecule has 0 aliphatic carbocycles. The Balaban J connectivity index is 1.35. The van der Waals surface area contributed by atoms with Crippen LogP contribution in [0, 0.1) is 12.8 Å². The third-order valence-corrected chi connectivity index (χ3v) is 6.78. The summed E-state index contributed by atoms with van der Waals surface area (Å²) in [6, 6.07) is 10.1. The highest BCUT2D eigenvalue weighted by Gasteiger charge is 2.32. The molecule has 3 aromatic rings. The zero-order valence-electron chi connectivity index (χ0n) is 15.7. The first kappa shape index (κ1) is 19.3. The summed E-state index contributed by atoms with van der Waals surface area (Å²) in [5, 5.41) is 10.2. The van der Waals surface area contributed by atoms with Crippen molar-refractivity contribution in [2.75, 3.05) is 18.4 Å². The molecule has 29 heavy (non-hydrogen) atoms. The highest BCUT2D eigenvalue weighted by Crippen LogP contribution is 2.26. The number of carbonyl (C=O) groups is 1. The Morgan fingerprint density at radius 2 is 1.86 bits per heavy atom. The molecule has 0 atom stereocenters. The Morgan fingerprint density at radius 3 is 2.52 bits per heavy atom. The fourth-order valence-electron chi connectivity index (χ4n) is 3.20. The van der Waals surface area contributed by atoms with E-state index < -0.39 is 10.0 Å². The van der Waals surface area contributed by atoms with E-state index in [1.54, 1.807) is 36.4 Å². The molecule has 1 N–H and O–H groups in total. The van der Waals surface area contributed by atoms with Crippen LogP contribution in [0.3, 0.4) is 0 Å². The van der Waals surface area contributed by atoms with Crippen molar-refractivity contribution in [3.8, 4) is 11.7 Å². The minimum atomic E-state index is -3.56. The minimum absolute atomic E-state index is 0.0175. The van der Waals surface area contributed by atoms with Crippen LogP contribution in [-0.4, -0.2) is 41.9 Å². The second-order valence-corrected chi connectivity index (χ2v) is 8.81. The lowest BCUT2D eigenvalue weighted by Gasteiger charge is -2.30. The summed E-state index contributed by atoms with van der Waals surface area (Å²) in [5.74, 6) is -0.0256. The number of rotatable bonds is 5. The van der Waals surface area contributed by atoms with E-state index in [-0.39, 0.29) is 41.7 Å². The first-order valence-electron chi connectivity index (χ1n) is 9.18. The molecule has 9 nitrogen and oxygen atoms in total. The van der Waals surface area contributed by atoms with Crippen LogP contribution in [0.4, 0.5) is 6.01 Å². The smallest absolute Gasteiger partial charge is 0.322 e. The van der Waals surface area contributed by atoms with Crippen molar-refractivity contribution in [2.45, 2.75) is 24.7 Å². The van der Waals surface area contributed by atoms with E-state index in [2.05, 4.69) is 15.5 Å². The molecule has 0 unspecified atom stereocenters. The van der Waals surface area contributed by atoms with Gasteiger partial charge in [-0.25, -0.2) is 8.42 Å². The molecule has 2 aromatic heterocycles. The molecule has 0 saturated carbocycles. The number of anilines is 1. The first-order chi connectivity index (χ1) is 13.9. The second kappa shape index (κ2) is 7.80. The standard InChI is InChI=1S/C19H20N4O5S/c1-13-4-6-15(7-5-13)29(25,26)23-10-8-14(9-11-23)17(24)20-19-22-21-18(28-19)16-3-2-12-27-16/h2-7,12,14H,8-11H2,1H3,(H,20,22,24). The lowest BCUT2D eigenvalue weighted by molar-refractivity contribution is -0.121. The Kier molecular flexibility index (Phi) is 5.20. The van der Waals surface area contributed by atoms with Crippen molar-refractivity contribution < 1.29 is 22.0 Å². The van der Waals surface area contributed by atoms with Crippen molar-refractivity contribution in [2.24, 2.45) is 5.92 Å². The summed E-state index contributed by atoms with van der Waals surface area (Å²) >= 11 is 0. The molecule has 1 saturated heterocycles. The van der Waals surface area contributed by atoms with Gasteiger partial charge in [-0.1, -0.05) is 22.8 Å². The monoisotopic (exact) mass is 416 g/mol. The molecule has 0 bridgehead atoms. The van der Waals surface area contributed by atoms with Gasteiger partial charge >= 0.3 is 6.01 Å². The second-order valence-electron chi connectivity index (χ2n) is 6.87. The van der Waals surface area contributed by atoms with E-state index in [1.165, 1.54) is 10.6 Å². The topological polar surface area (TPSA) is 119 Å². The molecule has 1 amide bonds. The highest BCUT2D eigenvalue weighted by atomic mass is 32.2. The number of hydrogen-bond donors (Lipinski definition) is 1. The number of nitrogens with zero attached hydrogens (tertiary/aromatic N) is 3. The van der Waals surface area contributed by atoms with Gasteiger partial charge in [-0.15, -0.1) is 5.10 Å². The Morgan fingerprint density at radius 1 is 1.14 bits per heavy atom. The molecule has 1 aromatic carbocycles. The van der Waals surface area contributed by atoms with Gasteiger partial charge in [0.25, 0.3) is 5.89 Å². The molecule has 1 fully saturated rings. The average molecular weight is 416 g/mol. The van der Waals surface area contributed by atoms with Crippen molar-refractivity contribution in [1.29, 1.82) is 0 Å². The van der Waals surface area contributed by atoms with E-state index in [1.807, 2.05) is 6.92 Å². The number of carbonyl (C=O) groups excluding carboxylic acids is 1. The third-order valence-electron chi connectivity index (χ3n) is 4.87. The molecule has 10 heteroatoms. The van der Waals surface area contributed by atoms with E-state index in [9.17, 15) is 13.2 Å². The third kappa shape index (κ3) is 4.08. The van der Waals surface area contributed by atoms with E-state index >= 15 is 0 Å². The summed E-state index contributed by atoms with van der Waals surface area (Å²) in [4.78, 5) is 12.8. The van der Waals surface area contributed by atoms with Crippen molar-refractivity contribution in [3.05, 3.63) is 48.2 Å². The lowest BCUT2D eigenvalue weighted by atomic mass is 9.97. The number of piperidine rings is 1. The molecule has 152 valence electrons. The van der Waals surface area contributed by atoms with Gasteiger partial charge in [0.05, 0.1) is 11.2 Å². The van der Waals surface area contributed by atoms with Crippen LogP contribution in [0.15, 0.2) is 56.4 Å². The number of furan rings is 1. The van der Waals surface area contributed by atoms with Crippen LogP contribution in [-0.2, 0) is 14.8 Å². The summed E-state index contributed by atoms with van der Waals surface area (Å²) < 4.78 is 37.5. The fourth-order valence-corrected chi connectivity index (χ4v) is 4.67. The number of nitrogens with one attached hydrogen (secondary N) is 1. The Bertz CT molecular complexity index is 1080. The lowest BCUT2D eigenvalue weighted by Crippen LogP contribution is -2.41. The molecule has 0 radical (unpaired) electrons. The van der Waals surface area contributed by atoms with Gasteiger partial charge in [0.15, 0.2) is 5.76 Å². The molecule has 0 spiro atoms. The molecule has 3 heterocycles. The van der Waals surface area contributed by atoms with Gasteiger partial charge in [-0.3, -0.25) is 10.1 Å². The van der Waals surface area contributed by atoms with Gasteiger partial charge in [0.1, 0.15) is 0 Å². The molecular weight excluding hydrogens is 396 g/mol. The summed E-state index contributed by atoms with van der Waals surface area (Å²) in [6.45, 7) is 2.45. The van der Waals surface area contributed by atoms with Gasteiger partial charge in [0, 0.05) is 19.0 Å². The average Bonchev–Trinajstić information content (AvgIpc) is 3.40. The van der Waals surface area contributed by atoms with Gasteiger partial charge in [0.2, 0.25) is 15.9 Å². The zero-order chi connectivity index (χ0) is 20.4. The number of amides is 1. The first-order valence-corrected chi connectivity index (χ1v) is 10.6. The van der Waals surface area contributed by atoms with Crippen LogP contribution in [0.1, 0.15) is 18.4 Å². The summed E-state index contributed by atoms with van der Waals surface area (Å²) in [6.07, 6.45) is 2.31. The van der Waals surface area contributed by atoms with Gasteiger partial charge in [-0.2, -0.15) is 4.31 Å². The Hall–Kier alpha value is -2.98. The number of aromatic nitrogens is 2.